The third-order valence-corrected chi connectivity index (χ3v) is 7.02. The van der Waals surface area contributed by atoms with Crippen molar-refractivity contribution in [3.8, 4) is 33.9 Å². The number of aryl methyl sites for hydroxylation is 2. The first-order chi connectivity index (χ1) is 19.8. The second-order valence-corrected chi connectivity index (χ2v) is 10.3. The molecule has 0 radical (unpaired) electrons. The van der Waals surface area contributed by atoms with Gasteiger partial charge in [0.25, 0.3) is 5.91 Å². The molecule has 9 nitrogen and oxygen atoms in total. The van der Waals surface area contributed by atoms with Crippen LogP contribution in [0.25, 0.3) is 16.6 Å². The Kier molecular flexibility index (Phi) is 9.55. The van der Waals surface area contributed by atoms with Crippen LogP contribution in [0.5, 0.6) is 17.2 Å². The summed E-state index contributed by atoms with van der Waals surface area (Å²) >= 11 is 1.23. The van der Waals surface area contributed by atoms with Crippen molar-refractivity contribution in [2.45, 2.75) is 13.8 Å². The Labute approximate surface area is 243 Å². The zero-order valence-electron chi connectivity index (χ0n) is 23.6. The minimum atomic E-state index is -0.582. The molecular weight excluding hydrogens is 538 g/mol. The van der Waals surface area contributed by atoms with E-state index in [-0.39, 0.29) is 5.57 Å². The number of hydrogen-bond donors (Lipinski definition) is 1. The highest BCUT2D eigenvalue weighted by atomic mass is 32.1. The SMILES string of the molecule is COc1cc(C=C(C#N)C(=O)Nc2nnc(-c3ccc(N(C)C)cc3)s2)ccc1OCCOc1c(C)cccc1C. The quantitative estimate of drug-likeness (QED) is 0.135. The van der Waals surface area contributed by atoms with Gasteiger partial charge >= 0.3 is 0 Å². The van der Waals surface area contributed by atoms with Gasteiger partial charge in [-0.15, -0.1) is 10.2 Å². The highest BCUT2D eigenvalue weighted by Gasteiger charge is 2.15. The van der Waals surface area contributed by atoms with Gasteiger partial charge in [0.05, 0.1) is 7.11 Å². The highest BCUT2D eigenvalue weighted by Crippen LogP contribution is 2.30. The van der Waals surface area contributed by atoms with Crippen LogP contribution in [0.2, 0.25) is 0 Å². The van der Waals surface area contributed by atoms with Gasteiger partial charge in [0.2, 0.25) is 5.13 Å². The molecule has 10 heteroatoms. The number of nitrogens with one attached hydrogen (secondary N) is 1. The second kappa shape index (κ2) is 13.5. The number of para-hydroxylation sites is 1. The first kappa shape index (κ1) is 29.1. The topological polar surface area (TPSA) is 110 Å². The van der Waals surface area contributed by atoms with E-state index in [9.17, 15) is 10.1 Å². The van der Waals surface area contributed by atoms with Gasteiger partial charge < -0.3 is 19.1 Å². The van der Waals surface area contributed by atoms with E-state index < -0.39 is 5.91 Å². The smallest absolute Gasteiger partial charge is 0.268 e. The van der Waals surface area contributed by atoms with E-state index in [1.165, 1.54) is 24.5 Å². The zero-order chi connectivity index (χ0) is 29.4. The number of aromatic nitrogens is 2. The molecule has 1 amide bonds. The molecule has 0 atom stereocenters. The number of nitrogens with zero attached hydrogens (tertiary/aromatic N) is 4. The molecule has 0 spiro atoms. The van der Waals surface area contributed by atoms with Crippen molar-refractivity contribution >= 4 is 34.1 Å². The molecule has 210 valence electrons. The molecule has 1 N–H and O–H groups in total. The molecule has 0 aliphatic heterocycles. The monoisotopic (exact) mass is 569 g/mol. The van der Waals surface area contributed by atoms with Gasteiger partial charge in [-0.25, -0.2) is 0 Å². The molecule has 0 unspecified atom stereocenters. The summed E-state index contributed by atoms with van der Waals surface area (Å²) in [5.74, 6) is 1.27. The molecule has 1 aromatic heterocycles. The van der Waals surface area contributed by atoms with Gasteiger partial charge in [0.15, 0.2) is 11.5 Å². The maximum absolute atomic E-state index is 12.8. The number of anilines is 2. The van der Waals surface area contributed by atoms with E-state index in [0.29, 0.717) is 40.4 Å². The molecule has 0 bridgehead atoms. The summed E-state index contributed by atoms with van der Waals surface area (Å²) in [6.45, 7) is 4.69. The van der Waals surface area contributed by atoms with Crippen molar-refractivity contribution in [3.05, 3.63) is 82.9 Å². The van der Waals surface area contributed by atoms with E-state index in [0.717, 1.165) is 28.1 Å². The molecule has 3 aromatic carbocycles. The predicted molar refractivity (Wildman–Crippen MR) is 162 cm³/mol. The highest BCUT2D eigenvalue weighted by molar-refractivity contribution is 7.18. The maximum atomic E-state index is 12.8. The lowest BCUT2D eigenvalue weighted by atomic mass is 10.1. The normalized spacial score (nSPS) is 11.0. The largest absolute Gasteiger partial charge is 0.493 e. The molecule has 0 fully saturated rings. The average molecular weight is 570 g/mol. The van der Waals surface area contributed by atoms with Crippen molar-refractivity contribution in [2.75, 3.05) is 44.6 Å². The fourth-order valence-electron chi connectivity index (χ4n) is 3.99. The molecule has 1 heterocycles. The molecule has 0 aliphatic rings. The predicted octanol–water partition coefficient (Wildman–Crippen LogP) is 5.90. The third-order valence-electron chi connectivity index (χ3n) is 6.14. The molecular formula is C31H31N5O4S. The molecule has 41 heavy (non-hydrogen) atoms. The minimum Gasteiger partial charge on any atom is -0.493 e. The summed E-state index contributed by atoms with van der Waals surface area (Å²) in [4.78, 5) is 14.8. The van der Waals surface area contributed by atoms with Crippen LogP contribution in [0, 0.1) is 25.2 Å². The summed E-state index contributed by atoms with van der Waals surface area (Å²) in [5, 5.41) is 21.5. The van der Waals surface area contributed by atoms with E-state index in [2.05, 4.69) is 15.5 Å². The first-order valence-electron chi connectivity index (χ1n) is 12.8. The fourth-order valence-corrected chi connectivity index (χ4v) is 4.73. The lowest BCUT2D eigenvalue weighted by molar-refractivity contribution is -0.112. The van der Waals surface area contributed by atoms with Crippen LogP contribution in [-0.2, 0) is 4.79 Å². The molecule has 0 saturated carbocycles. The number of amides is 1. The first-order valence-corrected chi connectivity index (χ1v) is 13.6. The number of ether oxygens (including phenoxy) is 3. The van der Waals surface area contributed by atoms with Crippen molar-refractivity contribution in [1.29, 1.82) is 5.26 Å². The van der Waals surface area contributed by atoms with Crippen LogP contribution in [0.15, 0.2) is 66.2 Å². The summed E-state index contributed by atoms with van der Waals surface area (Å²) in [5.41, 5.74) is 4.60. The average Bonchev–Trinajstić information content (AvgIpc) is 3.44. The Bertz CT molecular complexity index is 1570. The van der Waals surface area contributed by atoms with E-state index in [4.69, 9.17) is 14.2 Å². The molecule has 0 aliphatic carbocycles. The summed E-state index contributed by atoms with van der Waals surface area (Å²) in [6.07, 6.45) is 1.48. The standard InChI is InChI=1S/C31H31N5O4S/c1-20-7-6-8-21(2)28(20)40-16-15-39-26-14-9-22(18-27(26)38-5)17-24(19-32)29(37)33-31-35-34-30(41-31)23-10-12-25(13-11-23)36(3)4/h6-14,17-18H,15-16H2,1-5H3,(H,33,35,37). The second-order valence-electron chi connectivity index (χ2n) is 9.31. The molecule has 0 saturated heterocycles. The van der Waals surface area contributed by atoms with Crippen molar-refractivity contribution in [2.24, 2.45) is 0 Å². The van der Waals surface area contributed by atoms with Crippen LogP contribution in [0.3, 0.4) is 0 Å². The Morgan fingerprint density at radius 2 is 1.71 bits per heavy atom. The van der Waals surface area contributed by atoms with Gasteiger partial charge in [-0.1, -0.05) is 35.6 Å². The fraction of sp³-hybridized carbons (Fsp3) is 0.226. The van der Waals surface area contributed by atoms with E-state index in [1.807, 2.05) is 81.4 Å². The Balaban J connectivity index is 1.38. The van der Waals surface area contributed by atoms with Crippen molar-refractivity contribution < 1.29 is 19.0 Å². The van der Waals surface area contributed by atoms with Crippen LogP contribution >= 0.6 is 11.3 Å². The van der Waals surface area contributed by atoms with E-state index >= 15 is 0 Å². The van der Waals surface area contributed by atoms with E-state index in [1.54, 1.807) is 18.2 Å². The van der Waals surface area contributed by atoms with Crippen LogP contribution in [-0.4, -0.2) is 50.5 Å². The number of rotatable bonds is 11. The summed E-state index contributed by atoms with van der Waals surface area (Å²) in [7, 11) is 5.47. The van der Waals surface area contributed by atoms with Gasteiger partial charge in [0.1, 0.15) is 35.6 Å². The summed E-state index contributed by atoms with van der Waals surface area (Å²) < 4.78 is 17.2. The number of carbonyl (C=O) groups excluding carboxylic acids is 1. The lowest BCUT2D eigenvalue weighted by Gasteiger charge is -2.14. The number of nitriles is 1. The number of carbonyl (C=O) groups is 1. The van der Waals surface area contributed by atoms with Crippen LogP contribution < -0.4 is 24.4 Å². The van der Waals surface area contributed by atoms with Crippen molar-refractivity contribution in [3.63, 3.8) is 0 Å². The summed E-state index contributed by atoms with van der Waals surface area (Å²) in [6, 6.07) is 21.0. The Hall–Kier alpha value is -4.88. The molecule has 4 rings (SSSR count). The van der Waals surface area contributed by atoms with Gasteiger partial charge in [-0.3, -0.25) is 10.1 Å². The zero-order valence-corrected chi connectivity index (χ0v) is 24.4. The van der Waals surface area contributed by atoms with Crippen LogP contribution in [0.4, 0.5) is 10.8 Å². The van der Waals surface area contributed by atoms with Gasteiger partial charge in [-0.05, 0) is 73.0 Å². The van der Waals surface area contributed by atoms with Crippen LogP contribution in [0.1, 0.15) is 16.7 Å². The molecule has 4 aromatic rings. The maximum Gasteiger partial charge on any atom is 0.268 e. The minimum absolute atomic E-state index is 0.0881. The number of methoxy groups -OCH3 is 1. The number of benzene rings is 3. The number of hydrogen-bond acceptors (Lipinski definition) is 9. The lowest BCUT2D eigenvalue weighted by Crippen LogP contribution is -2.13. The van der Waals surface area contributed by atoms with Crippen molar-refractivity contribution in [1.82, 2.24) is 10.2 Å². The third kappa shape index (κ3) is 7.41. The Morgan fingerprint density at radius 1 is 1.00 bits per heavy atom. The van der Waals surface area contributed by atoms with Gasteiger partial charge in [-0.2, -0.15) is 5.26 Å². The Morgan fingerprint density at radius 3 is 2.37 bits per heavy atom. The van der Waals surface area contributed by atoms with Gasteiger partial charge in [0, 0.05) is 25.3 Å².